The third kappa shape index (κ3) is 5.44. The Bertz CT molecular complexity index is 635. The maximum atomic E-state index is 11.9. The molecule has 0 spiro atoms. The van der Waals surface area contributed by atoms with Crippen LogP contribution in [0.5, 0.6) is 0 Å². The van der Waals surface area contributed by atoms with Gasteiger partial charge in [0.2, 0.25) is 0 Å². The van der Waals surface area contributed by atoms with Gasteiger partial charge in [-0.1, -0.05) is 5.92 Å². The average molecular weight is 324 g/mol. The molecule has 1 aromatic rings. The van der Waals surface area contributed by atoms with Crippen molar-refractivity contribution in [3.8, 4) is 12.3 Å². The quantitative estimate of drug-likeness (QED) is 0.505. The molecule has 1 rings (SSSR count). The maximum Gasteiger partial charge on any atom is 0.257 e. The zero-order valence-electron chi connectivity index (χ0n) is 12.7. The summed E-state index contributed by atoms with van der Waals surface area (Å²) in [6, 6.07) is 2.72. The number of hydrogen-bond acceptors (Lipinski definition) is 5. The Morgan fingerprint density at radius 2 is 2.18 bits per heavy atom. The van der Waals surface area contributed by atoms with Crippen LogP contribution in [-0.4, -0.2) is 57.9 Å². The van der Waals surface area contributed by atoms with Crippen molar-refractivity contribution in [3.05, 3.63) is 23.9 Å². The number of rotatable bonds is 8. The van der Waals surface area contributed by atoms with E-state index < -0.39 is 10.0 Å². The fourth-order valence-corrected chi connectivity index (χ4v) is 2.31. The SMILES string of the molecule is C#CCN(C)CCCNC(=O)c1ccc(S(=O)(=O)NC)nc1. The van der Waals surface area contributed by atoms with E-state index in [2.05, 4.69) is 20.9 Å². The van der Waals surface area contributed by atoms with Crippen molar-refractivity contribution in [3.63, 3.8) is 0 Å². The molecule has 0 bridgehead atoms. The van der Waals surface area contributed by atoms with E-state index in [-0.39, 0.29) is 10.9 Å². The lowest BCUT2D eigenvalue weighted by atomic mass is 10.2. The van der Waals surface area contributed by atoms with Gasteiger partial charge in [-0.05, 0) is 32.6 Å². The summed E-state index contributed by atoms with van der Waals surface area (Å²) < 4.78 is 25.2. The summed E-state index contributed by atoms with van der Waals surface area (Å²) in [7, 11) is -0.381. The van der Waals surface area contributed by atoms with Crippen LogP contribution < -0.4 is 10.0 Å². The summed E-state index contributed by atoms with van der Waals surface area (Å²) in [6.07, 6.45) is 7.20. The van der Waals surface area contributed by atoms with Gasteiger partial charge in [-0.15, -0.1) is 6.42 Å². The number of carbonyl (C=O) groups is 1. The van der Waals surface area contributed by atoms with E-state index in [0.717, 1.165) is 13.0 Å². The van der Waals surface area contributed by atoms with E-state index in [1.54, 1.807) is 0 Å². The Hall–Kier alpha value is -1.95. The lowest BCUT2D eigenvalue weighted by Gasteiger charge is -2.13. The summed E-state index contributed by atoms with van der Waals surface area (Å²) >= 11 is 0. The van der Waals surface area contributed by atoms with Crippen molar-refractivity contribution in [2.45, 2.75) is 11.4 Å². The number of sulfonamides is 1. The van der Waals surface area contributed by atoms with E-state index in [1.807, 2.05) is 11.9 Å². The molecule has 2 N–H and O–H groups in total. The Morgan fingerprint density at radius 1 is 1.45 bits per heavy atom. The summed E-state index contributed by atoms with van der Waals surface area (Å²) in [4.78, 5) is 17.6. The van der Waals surface area contributed by atoms with Crippen molar-refractivity contribution >= 4 is 15.9 Å². The molecule has 22 heavy (non-hydrogen) atoms. The topological polar surface area (TPSA) is 91.4 Å². The van der Waals surface area contributed by atoms with Crippen molar-refractivity contribution < 1.29 is 13.2 Å². The number of hydrogen-bond donors (Lipinski definition) is 2. The van der Waals surface area contributed by atoms with Crippen LogP contribution in [0, 0.1) is 12.3 Å². The third-order valence-electron chi connectivity index (χ3n) is 2.91. The third-order valence-corrected chi connectivity index (χ3v) is 4.24. The largest absolute Gasteiger partial charge is 0.352 e. The number of nitrogens with one attached hydrogen (secondary N) is 2. The van der Waals surface area contributed by atoms with Gasteiger partial charge in [-0.3, -0.25) is 9.69 Å². The smallest absolute Gasteiger partial charge is 0.257 e. The van der Waals surface area contributed by atoms with Crippen LogP contribution in [0.4, 0.5) is 0 Å². The van der Waals surface area contributed by atoms with Crippen LogP contribution in [0.2, 0.25) is 0 Å². The van der Waals surface area contributed by atoms with Gasteiger partial charge in [0.15, 0.2) is 5.03 Å². The summed E-state index contributed by atoms with van der Waals surface area (Å²) in [5, 5.41) is 2.62. The molecule has 1 heterocycles. The second-order valence-corrected chi connectivity index (χ2v) is 6.48. The highest BCUT2D eigenvalue weighted by Crippen LogP contribution is 2.06. The molecule has 120 valence electrons. The minimum absolute atomic E-state index is 0.123. The minimum Gasteiger partial charge on any atom is -0.352 e. The normalized spacial score (nSPS) is 11.2. The van der Waals surface area contributed by atoms with Crippen LogP contribution >= 0.6 is 0 Å². The Balaban J connectivity index is 2.49. The molecule has 1 amide bonds. The zero-order valence-corrected chi connectivity index (χ0v) is 13.5. The Kier molecular flexibility index (Phi) is 6.98. The molecular weight excluding hydrogens is 304 g/mol. The molecule has 7 nitrogen and oxygen atoms in total. The molecule has 0 aromatic carbocycles. The van der Waals surface area contributed by atoms with Crippen molar-refractivity contribution in [1.29, 1.82) is 0 Å². The van der Waals surface area contributed by atoms with E-state index >= 15 is 0 Å². The highest BCUT2D eigenvalue weighted by Gasteiger charge is 2.14. The molecule has 0 atom stereocenters. The zero-order chi connectivity index (χ0) is 16.6. The van der Waals surface area contributed by atoms with E-state index in [4.69, 9.17) is 6.42 Å². The molecular formula is C14H20N4O3S. The van der Waals surface area contributed by atoms with Gasteiger partial charge >= 0.3 is 0 Å². The Morgan fingerprint density at radius 3 is 2.73 bits per heavy atom. The lowest BCUT2D eigenvalue weighted by Crippen LogP contribution is -2.28. The highest BCUT2D eigenvalue weighted by molar-refractivity contribution is 7.89. The average Bonchev–Trinajstić information content (AvgIpc) is 2.51. The first-order valence-corrected chi connectivity index (χ1v) is 8.19. The highest BCUT2D eigenvalue weighted by atomic mass is 32.2. The molecule has 8 heteroatoms. The maximum absolute atomic E-state index is 11.9. The van der Waals surface area contributed by atoms with E-state index in [1.165, 1.54) is 25.4 Å². The molecule has 0 fully saturated rings. The van der Waals surface area contributed by atoms with Crippen molar-refractivity contribution in [1.82, 2.24) is 19.9 Å². The standard InChI is InChI=1S/C14H20N4O3S/c1-4-9-18(3)10-5-8-16-14(19)12-6-7-13(17-11-12)22(20,21)15-2/h1,6-7,11,15H,5,8-10H2,2-3H3,(H,16,19). The molecule has 0 aliphatic rings. The molecule has 0 aliphatic heterocycles. The minimum atomic E-state index is -3.59. The number of pyridine rings is 1. The summed E-state index contributed by atoms with van der Waals surface area (Å²) in [5.74, 6) is 2.25. The van der Waals surface area contributed by atoms with Crippen molar-refractivity contribution in [2.24, 2.45) is 0 Å². The fraction of sp³-hybridized carbons (Fsp3) is 0.429. The molecule has 0 unspecified atom stereocenters. The summed E-state index contributed by atoms with van der Waals surface area (Å²) in [6.45, 7) is 1.85. The van der Waals surface area contributed by atoms with Gasteiger partial charge in [0.25, 0.3) is 15.9 Å². The predicted octanol–water partition coefficient (Wildman–Crippen LogP) is -0.325. The molecule has 0 radical (unpaired) electrons. The number of aromatic nitrogens is 1. The molecule has 0 aliphatic carbocycles. The Labute approximate surface area is 131 Å². The van der Waals surface area contributed by atoms with Crippen LogP contribution in [-0.2, 0) is 10.0 Å². The molecule has 1 aromatic heterocycles. The predicted molar refractivity (Wildman–Crippen MR) is 83.8 cm³/mol. The van der Waals surface area contributed by atoms with Gasteiger partial charge < -0.3 is 5.32 Å². The molecule has 0 saturated carbocycles. The number of carbonyl (C=O) groups excluding carboxylic acids is 1. The monoisotopic (exact) mass is 324 g/mol. The van der Waals surface area contributed by atoms with Crippen LogP contribution in [0.25, 0.3) is 0 Å². The fourth-order valence-electron chi connectivity index (χ4n) is 1.67. The van der Waals surface area contributed by atoms with E-state index in [0.29, 0.717) is 18.7 Å². The number of terminal acetylenes is 1. The van der Waals surface area contributed by atoms with Gasteiger partial charge in [0.1, 0.15) is 0 Å². The molecule has 0 saturated heterocycles. The second-order valence-electron chi connectivity index (χ2n) is 4.64. The van der Waals surface area contributed by atoms with Gasteiger partial charge in [0.05, 0.1) is 12.1 Å². The lowest BCUT2D eigenvalue weighted by molar-refractivity contribution is 0.0951. The van der Waals surface area contributed by atoms with Gasteiger partial charge in [-0.2, -0.15) is 0 Å². The number of amides is 1. The van der Waals surface area contributed by atoms with Gasteiger partial charge in [0, 0.05) is 19.3 Å². The van der Waals surface area contributed by atoms with Crippen molar-refractivity contribution in [2.75, 3.05) is 33.7 Å². The first kappa shape index (κ1) is 18.1. The second kappa shape index (κ2) is 8.48. The first-order chi connectivity index (χ1) is 10.4. The van der Waals surface area contributed by atoms with Gasteiger partial charge in [-0.25, -0.2) is 18.1 Å². The van der Waals surface area contributed by atoms with Crippen LogP contribution in [0.15, 0.2) is 23.4 Å². The first-order valence-electron chi connectivity index (χ1n) is 6.70. The van der Waals surface area contributed by atoms with E-state index in [9.17, 15) is 13.2 Å². The summed E-state index contributed by atoms with van der Waals surface area (Å²) in [5.41, 5.74) is 0.312. The number of nitrogens with zero attached hydrogens (tertiary/aromatic N) is 2. The van der Waals surface area contributed by atoms with Crippen LogP contribution in [0.1, 0.15) is 16.8 Å². The van der Waals surface area contributed by atoms with Crippen LogP contribution in [0.3, 0.4) is 0 Å².